The molecule has 0 aromatic heterocycles. The first-order chi connectivity index (χ1) is 23.1. The van der Waals surface area contributed by atoms with E-state index in [0.29, 0.717) is 6.42 Å². The molecule has 0 heterocycles. The maximum atomic E-state index is 12.6. The number of hydrogen-bond acceptors (Lipinski definition) is 10. The van der Waals surface area contributed by atoms with Crippen LogP contribution in [0, 0.1) is 4.91 Å². The molecule has 1 amide bonds. The van der Waals surface area contributed by atoms with Gasteiger partial charge in [-0.05, 0) is 13.3 Å². The Hall–Kier alpha value is -1.21. The molecule has 0 bridgehead atoms. The van der Waals surface area contributed by atoms with Gasteiger partial charge in [-0.3, -0.25) is 4.79 Å². The number of nitroso groups, excluding NO2 is 1. The van der Waals surface area contributed by atoms with Gasteiger partial charge in [-0.1, -0.05) is 153 Å². The Bertz CT molecular complexity index is 778. The molecule has 2 unspecified atom stereocenters. The Balaban J connectivity index is 2.08. The molecule has 1 rings (SSSR count). The van der Waals surface area contributed by atoms with Gasteiger partial charge in [0, 0.05) is 13.0 Å². The molecule has 1 aliphatic carbocycles. The van der Waals surface area contributed by atoms with E-state index < -0.39 is 54.7 Å². The number of unbranched alkanes of at least 4 members (excludes halogenated alkanes) is 22. The van der Waals surface area contributed by atoms with Crippen molar-refractivity contribution in [1.29, 1.82) is 0 Å². The van der Waals surface area contributed by atoms with E-state index in [9.17, 15) is 40.3 Å². The lowest BCUT2D eigenvalue weighted by molar-refractivity contribution is -0.190. The third-order valence-corrected chi connectivity index (χ3v) is 10.1. The van der Waals surface area contributed by atoms with Gasteiger partial charge in [0.2, 0.25) is 5.91 Å². The molecule has 48 heavy (non-hydrogen) atoms. The summed E-state index contributed by atoms with van der Waals surface area (Å²) in [7, 11) is 0. The van der Waals surface area contributed by atoms with Crippen molar-refractivity contribution in [1.82, 2.24) is 10.6 Å². The fourth-order valence-corrected chi connectivity index (χ4v) is 6.74. The first-order valence-electron chi connectivity index (χ1n) is 19.6. The van der Waals surface area contributed by atoms with Gasteiger partial charge in [0.05, 0.1) is 12.1 Å². The van der Waals surface area contributed by atoms with Crippen LogP contribution in [-0.2, 0) is 4.79 Å². The van der Waals surface area contributed by atoms with Gasteiger partial charge in [-0.25, -0.2) is 0 Å². The molecule has 0 aromatic carbocycles. The number of aliphatic hydroxyl groups is 6. The fraction of sp³-hybridized carbons (Fsp3) is 0.973. The molecule has 0 spiro atoms. The van der Waals surface area contributed by atoms with Gasteiger partial charge in [0.1, 0.15) is 42.7 Å². The molecule has 0 saturated heterocycles. The Kier molecular flexibility index (Phi) is 26.6. The molecule has 11 heteroatoms. The minimum Gasteiger partial charge on any atom is -0.389 e. The molecule has 0 aromatic rings. The number of hydrogen-bond donors (Lipinski definition) is 8. The summed E-state index contributed by atoms with van der Waals surface area (Å²) in [5.41, 5.74) is 0. The third-order valence-electron chi connectivity index (χ3n) is 10.1. The molecule has 8 N–H and O–H groups in total. The molecule has 9 atom stereocenters. The van der Waals surface area contributed by atoms with Crippen LogP contribution in [0.15, 0.2) is 5.18 Å². The predicted molar refractivity (Wildman–Crippen MR) is 192 cm³/mol. The van der Waals surface area contributed by atoms with Crippen LogP contribution in [0.1, 0.15) is 168 Å². The zero-order chi connectivity index (χ0) is 35.6. The maximum Gasteiger partial charge on any atom is 0.220 e. The lowest BCUT2D eigenvalue weighted by Gasteiger charge is -2.42. The van der Waals surface area contributed by atoms with Crippen LogP contribution >= 0.6 is 0 Å². The van der Waals surface area contributed by atoms with Crippen molar-refractivity contribution in [3.05, 3.63) is 4.91 Å². The highest BCUT2D eigenvalue weighted by atomic mass is 16.4. The largest absolute Gasteiger partial charge is 0.389 e. The summed E-state index contributed by atoms with van der Waals surface area (Å²) >= 11 is 0. The first kappa shape index (κ1) is 44.8. The highest BCUT2D eigenvalue weighted by Crippen LogP contribution is 2.22. The first-order valence-corrected chi connectivity index (χ1v) is 19.6. The lowest BCUT2D eigenvalue weighted by atomic mass is 9.83. The highest BCUT2D eigenvalue weighted by Gasteiger charge is 2.48. The predicted octanol–water partition coefficient (Wildman–Crippen LogP) is 5.15. The van der Waals surface area contributed by atoms with Crippen LogP contribution in [0.2, 0.25) is 0 Å². The minimum atomic E-state index is -1.72. The molecular weight excluding hydrogens is 614 g/mol. The molecular formula is C37H73N3O8. The number of carbonyl (C=O) groups excluding carboxylic acids is 1. The van der Waals surface area contributed by atoms with E-state index in [1.165, 1.54) is 129 Å². The topological polar surface area (TPSA) is 192 Å². The van der Waals surface area contributed by atoms with E-state index in [1.807, 2.05) is 0 Å². The molecule has 0 aliphatic heterocycles. The summed E-state index contributed by atoms with van der Waals surface area (Å²) in [5, 5.41) is 69.1. The zero-order valence-electron chi connectivity index (χ0n) is 30.3. The van der Waals surface area contributed by atoms with Crippen LogP contribution in [-0.4, -0.2) is 97.8 Å². The van der Waals surface area contributed by atoms with Gasteiger partial charge in [0.15, 0.2) is 0 Å². The number of nitrogens with zero attached hydrogens (tertiary/aromatic N) is 1. The number of rotatable bonds is 31. The van der Waals surface area contributed by atoms with Crippen molar-refractivity contribution in [3.63, 3.8) is 0 Å². The van der Waals surface area contributed by atoms with Crippen LogP contribution in [0.5, 0.6) is 0 Å². The van der Waals surface area contributed by atoms with E-state index >= 15 is 0 Å². The Morgan fingerprint density at radius 2 is 0.917 bits per heavy atom. The van der Waals surface area contributed by atoms with Gasteiger partial charge >= 0.3 is 0 Å². The lowest BCUT2D eigenvalue weighted by Crippen LogP contribution is -2.69. The van der Waals surface area contributed by atoms with E-state index in [4.69, 9.17) is 0 Å². The van der Waals surface area contributed by atoms with E-state index in [1.54, 1.807) is 0 Å². The standard InChI is InChI=1S/C37H73N3O8/c1-3-4-5-6-7-8-9-10-11-12-13-14-15-16-17-18-19-20-21-22-23-24-25-26-30(41)39-29(32(42)28(2)40-48)27-38-31-33(43)35(45)37(47)36(46)34(31)44/h28-29,31-38,42-47H,3-27H2,1-2H3,(H,39,41)/t28-,29+,31?,32-,33+,34+,35-,36+,37?/m1/s1. The summed E-state index contributed by atoms with van der Waals surface area (Å²) in [6.45, 7) is 3.50. The molecule has 1 saturated carbocycles. The van der Waals surface area contributed by atoms with Gasteiger partial charge in [0.25, 0.3) is 0 Å². The molecule has 1 fully saturated rings. The average molecular weight is 688 g/mol. The monoisotopic (exact) mass is 688 g/mol. The van der Waals surface area contributed by atoms with E-state index in [0.717, 1.165) is 19.3 Å². The molecule has 1 aliphatic rings. The van der Waals surface area contributed by atoms with Crippen LogP contribution in [0.4, 0.5) is 0 Å². The Labute approximate surface area is 291 Å². The summed E-state index contributed by atoms with van der Waals surface area (Å²) in [5.74, 6) is -0.303. The second kappa shape index (κ2) is 28.5. The van der Waals surface area contributed by atoms with Crippen molar-refractivity contribution >= 4 is 5.91 Å². The summed E-state index contributed by atoms with van der Waals surface area (Å²) in [6.07, 6.45) is 20.4. The summed E-state index contributed by atoms with van der Waals surface area (Å²) < 4.78 is 0. The highest BCUT2D eigenvalue weighted by molar-refractivity contribution is 5.76. The maximum absolute atomic E-state index is 12.6. The van der Waals surface area contributed by atoms with Crippen molar-refractivity contribution in [2.24, 2.45) is 5.18 Å². The van der Waals surface area contributed by atoms with Crippen molar-refractivity contribution < 1.29 is 35.4 Å². The normalized spacial score (nSPS) is 24.7. The average Bonchev–Trinajstić information content (AvgIpc) is 3.08. The van der Waals surface area contributed by atoms with Crippen molar-refractivity contribution in [2.45, 2.75) is 223 Å². The zero-order valence-corrected chi connectivity index (χ0v) is 30.3. The summed E-state index contributed by atoms with van der Waals surface area (Å²) in [4.78, 5) is 23.7. The third kappa shape index (κ3) is 19.3. The molecule has 11 nitrogen and oxygen atoms in total. The van der Waals surface area contributed by atoms with Crippen molar-refractivity contribution in [2.75, 3.05) is 6.54 Å². The molecule has 0 radical (unpaired) electrons. The van der Waals surface area contributed by atoms with Gasteiger partial charge in [-0.2, -0.15) is 4.91 Å². The van der Waals surface area contributed by atoms with Crippen molar-refractivity contribution in [3.8, 4) is 0 Å². The van der Waals surface area contributed by atoms with E-state index in [-0.39, 0.29) is 18.9 Å². The van der Waals surface area contributed by atoms with Gasteiger partial charge < -0.3 is 41.3 Å². The van der Waals surface area contributed by atoms with Crippen LogP contribution in [0.25, 0.3) is 0 Å². The molecule has 284 valence electrons. The number of aliphatic hydroxyl groups excluding tert-OH is 6. The number of carbonyl (C=O) groups is 1. The second-order valence-electron chi connectivity index (χ2n) is 14.4. The summed E-state index contributed by atoms with van der Waals surface area (Å²) in [6, 6.07) is -3.25. The SMILES string of the molecule is CCCCCCCCCCCCCCCCCCCCCCCCCC(=O)N[C@@H](CNC1[C@H](O)[C@H](O)C(O)[C@H](O)[C@H]1O)[C@H](O)[C@@H](C)N=O. The Morgan fingerprint density at radius 1 is 0.583 bits per heavy atom. The van der Waals surface area contributed by atoms with Crippen LogP contribution in [0.3, 0.4) is 0 Å². The Morgan fingerprint density at radius 3 is 1.27 bits per heavy atom. The van der Waals surface area contributed by atoms with Crippen LogP contribution < -0.4 is 10.6 Å². The number of nitrogens with one attached hydrogen (secondary N) is 2. The fourth-order valence-electron chi connectivity index (χ4n) is 6.74. The smallest absolute Gasteiger partial charge is 0.220 e. The van der Waals surface area contributed by atoms with E-state index in [2.05, 4.69) is 22.7 Å². The van der Waals surface area contributed by atoms with Gasteiger partial charge in [-0.15, -0.1) is 0 Å². The quantitative estimate of drug-likeness (QED) is 0.0360. The second-order valence-corrected chi connectivity index (χ2v) is 14.4. The number of amides is 1. The minimum absolute atomic E-state index is 0.180.